The second-order valence-corrected chi connectivity index (χ2v) is 4.08. The highest BCUT2D eigenvalue weighted by molar-refractivity contribution is 5.81. The normalized spacial score (nSPS) is 35.3. The standard InChI is InChI=1S/C10H18N2O2/c13-10-1-4-11-14-8-7-12-5-2-9(10)3-6-12/h9,11H,1-8H2. The van der Waals surface area contributed by atoms with E-state index in [1.54, 1.807) is 0 Å². The van der Waals surface area contributed by atoms with Crippen LogP contribution < -0.4 is 5.48 Å². The van der Waals surface area contributed by atoms with Gasteiger partial charge in [0.2, 0.25) is 0 Å². The zero-order valence-corrected chi connectivity index (χ0v) is 8.50. The third kappa shape index (κ3) is 2.53. The van der Waals surface area contributed by atoms with Gasteiger partial charge in [-0.1, -0.05) is 0 Å². The first-order chi connectivity index (χ1) is 6.86. The van der Waals surface area contributed by atoms with Crippen molar-refractivity contribution >= 4 is 5.78 Å². The largest absolute Gasteiger partial charge is 0.301 e. The van der Waals surface area contributed by atoms with Gasteiger partial charge >= 0.3 is 0 Å². The molecule has 80 valence electrons. The van der Waals surface area contributed by atoms with Crippen LogP contribution in [0.4, 0.5) is 0 Å². The topological polar surface area (TPSA) is 41.6 Å². The van der Waals surface area contributed by atoms with E-state index in [4.69, 9.17) is 4.84 Å². The van der Waals surface area contributed by atoms with Crippen molar-refractivity contribution < 1.29 is 9.63 Å². The number of carbonyl (C=O) groups excluding carboxylic acids is 1. The number of ketones is 1. The second kappa shape index (κ2) is 4.87. The van der Waals surface area contributed by atoms with Crippen LogP contribution >= 0.6 is 0 Å². The maximum atomic E-state index is 11.7. The summed E-state index contributed by atoms with van der Waals surface area (Å²) in [7, 11) is 0. The number of Topliss-reactive ketones (excluding diaryl/α,β-unsaturated/α-hetero) is 1. The third-order valence-electron chi connectivity index (χ3n) is 3.13. The number of piperidine rings is 1. The van der Waals surface area contributed by atoms with Crippen molar-refractivity contribution in [2.24, 2.45) is 5.92 Å². The molecule has 0 aliphatic carbocycles. The van der Waals surface area contributed by atoms with Crippen molar-refractivity contribution in [1.82, 2.24) is 10.4 Å². The highest BCUT2D eigenvalue weighted by Crippen LogP contribution is 2.19. The van der Waals surface area contributed by atoms with E-state index in [0.29, 0.717) is 24.7 Å². The second-order valence-electron chi connectivity index (χ2n) is 4.08. The van der Waals surface area contributed by atoms with Gasteiger partial charge in [-0.15, -0.1) is 0 Å². The first-order valence-electron chi connectivity index (χ1n) is 5.46. The lowest BCUT2D eigenvalue weighted by molar-refractivity contribution is -0.124. The number of fused-ring (bicyclic) bond motifs is 8. The van der Waals surface area contributed by atoms with Gasteiger partial charge in [-0.2, -0.15) is 0 Å². The van der Waals surface area contributed by atoms with Gasteiger partial charge in [0.1, 0.15) is 5.78 Å². The molecule has 4 nitrogen and oxygen atoms in total. The fourth-order valence-corrected chi connectivity index (χ4v) is 2.18. The van der Waals surface area contributed by atoms with Crippen molar-refractivity contribution in [2.75, 3.05) is 32.8 Å². The Labute approximate surface area is 84.6 Å². The number of hydroxylamine groups is 1. The summed E-state index contributed by atoms with van der Waals surface area (Å²) in [5, 5.41) is 0. The molecular formula is C10H18N2O2. The Morgan fingerprint density at radius 3 is 2.86 bits per heavy atom. The molecule has 3 aliphatic heterocycles. The van der Waals surface area contributed by atoms with Crippen LogP contribution in [0.3, 0.4) is 0 Å². The van der Waals surface area contributed by atoms with Crippen LogP contribution in [0.1, 0.15) is 19.3 Å². The molecule has 1 N–H and O–H groups in total. The number of hydrogen-bond donors (Lipinski definition) is 1. The molecule has 0 atom stereocenters. The van der Waals surface area contributed by atoms with Crippen LogP contribution in [-0.2, 0) is 9.63 Å². The molecule has 0 amide bonds. The summed E-state index contributed by atoms with van der Waals surface area (Å²) < 4.78 is 0. The predicted molar refractivity (Wildman–Crippen MR) is 52.7 cm³/mol. The number of hydrogen-bond acceptors (Lipinski definition) is 4. The summed E-state index contributed by atoms with van der Waals surface area (Å²) in [6.45, 7) is 4.47. The average molecular weight is 198 g/mol. The molecule has 4 heteroatoms. The van der Waals surface area contributed by atoms with Crippen molar-refractivity contribution in [3.8, 4) is 0 Å². The Morgan fingerprint density at radius 2 is 2.07 bits per heavy atom. The smallest absolute Gasteiger partial charge is 0.137 e. The van der Waals surface area contributed by atoms with Crippen molar-refractivity contribution in [3.63, 3.8) is 0 Å². The van der Waals surface area contributed by atoms with Crippen LogP contribution in [0.15, 0.2) is 0 Å². The molecule has 0 aromatic rings. The monoisotopic (exact) mass is 198 g/mol. The Balaban J connectivity index is 1.94. The number of nitrogens with zero attached hydrogens (tertiary/aromatic N) is 1. The van der Waals surface area contributed by atoms with Crippen LogP contribution in [-0.4, -0.2) is 43.5 Å². The molecule has 3 aliphatic rings. The Hall–Kier alpha value is -0.450. The molecule has 0 unspecified atom stereocenters. The molecule has 0 spiro atoms. The summed E-state index contributed by atoms with van der Waals surface area (Å²) in [4.78, 5) is 19.3. The zero-order valence-electron chi connectivity index (χ0n) is 8.50. The highest BCUT2D eigenvalue weighted by atomic mass is 16.6. The van der Waals surface area contributed by atoms with Gasteiger partial charge < -0.3 is 9.74 Å². The summed E-state index contributed by atoms with van der Waals surface area (Å²) in [5.41, 5.74) is 2.83. The molecule has 2 bridgehead atoms. The molecule has 3 heterocycles. The Kier molecular flexibility index (Phi) is 3.50. The van der Waals surface area contributed by atoms with E-state index in [0.717, 1.165) is 39.1 Å². The van der Waals surface area contributed by atoms with E-state index in [1.807, 2.05) is 0 Å². The summed E-state index contributed by atoms with van der Waals surface area (Å²) in [6.07, 6.45) is 2.70. The average Bonchev–Trinajstić information content (AvgIpc) is 2.28. The molecule has 0 aromatic carbocycles. The maximum absolute atomic E-state index is 11.7. The quantitative estimate of drug-likeness (QED) is 0.603. The predicted octanol–water partition coefficient (Wildman–Crippen LogP) is 0.192. The lowest BCUT2D eigenvalue weighted by atomic mass is 9.91. The molecule has 0 radical (unpaired) electrons. The van der Waals surface area contributed by atoms with Gasteiger partial charge in [-0.05, 0) is 25.9 Å². The van der Waals surface area contributed by atoms with Gasteiger partial charge in [0.15, 0.2) is 0 Å². The van der Waals surface area contributed by atoms with Gasteiger partial charge in [-0.3, -0.25) is 4.79 Å². The van der Waals surface area contributed by atoms with Crippen LogP contribution in [0.25, 0.3) is 0 Å². The van der Waals surface area contributed by atoms with E-state index >= 15 is 0 Å². The summed E-state index contributed by atoms with van der Waals surface area (Å²) in [5.74, 6) is 0.716. The van der Waals surface area contributed by atoms with E-state index in [-0.39, 0.29) is 0 Å². The molecule has 3 saturated heterocycles. The molecule has 14 heavy (non-hydrogen) atoms. The molecular weight excluding hydrogens is 180 g/mol. The highest BCUT2D eigenvalue weighted by Gasteiger charge is 2.24. The minimum atomic E-state index is 0.311. The maximum Gasteiger partial charge on any atom is 0.137 e. The van der Waals surface area contributed by atoms with Gasteiger partial charge in [-0.25, -0.2) is 5.48 Å². The zero-order chi connectivity index (χ0) is 9.80. The number of nitrogens with one attached hydrogen (secondary N) is 1. The molecule has 3 rings (SSSR count). The Bertz CT molecular complexity index is 200. The van der Waals surface area contributed by atoms with Crippen molar-refractivity contribution in [1.29, 1.82) is 0 Å². The van der Waals surface area contributed by atoms with E-state index in [2.05, 4.69) is 10.4 Å². The number of carbonyl (C=O) groups is 1. The minimum absolute atomic E-state index is 0.311. The number of rotatable bonds is 0. The minimum Gasteiger partial charge on any atom is -0.301 e. The Morgan fingerprint density at radius 1 is 1.29 bits per heavy atom. The molecule has 0 aromatic heterocycles. The van der Waals surface area contributed by atoms with Crippen LogP contribution in [0.2, 0.25) is 0 Å². The fraction of sp³-hybridized carbons (Fsp3) is 0.900. The molecule has 0 saturated carbocycles. The fourth-order valence-electron chi connectivity index (χ4n) is 2.18. The van der Waals surface area contributed by atoms with Gasteiger partial charge in [0.05, 0.1) is 6.61 Å². The first kappa shape index (κ1) is 10.1. The third-order valence-corrected chi connectivity index (χ3v) is 3.13. The van der Waals surface area contributed by atoms with E-state index in [9.17, 15) is 4.79 Å². The summed E-state index contributed by atoms with van der Waals surface area (Å²) >= 11 is 0. The van der Waals surface area contributed by atoms with Crippen molar-refractivity contribution in [2.45, 2.75) is 19.3 Å². The molecule has 3 fully saturated rings. The van der Waals surface area contributed by atoms with E-state index in [1.165, 1.54) is 0 Å². The van der Waals surface area contributed by atoms with Crippen molar-refractivity contribution in [3.05, 3.63) is 0 Å². The van der Waals surface area contributed by atoms with Gasteiger partial charge in [0, 0.05) is 25.4 Å². The SMILES string of the molecule is O=C1CCNOCCN2CCC1CC2. The van der Waals surface area contributed by atoms with Crippen LogP contribution in [0.5, 0.6) is 0 Å². The van der Waals surface area contributed by atoms with Gasteiger partial charge in [0.25, 0.3) is 0 Å². The van der Waals surface area contributed by atoms with E-state index < -0.39 is 0 Å². The van der Waals surface area contributed by atoms with Crippen LogP contribution in [0, 0.1) is 5.92 Å². The first-order valence-corrected chi connectivity index (χ1v) is 5.46. The summed E-state index contributed by atoms with van der Waals surface area (Å²) in [6, 6.07) is 0. The lowest BCUT2D eigenvalue weighted by Gasteiger charge is -2.30. The lowest BCUT2D eigenvalue weighted by Crippen LogP contribution is -2.37.